The summed E-state index contributed by atoms with van der Waals surface area (Å²) in [4.78, 5) is 19.0. The number of nitrogens with zero attached hydrogens (tertiary/aromatic N) is 2. The zero-order chi connectivity index (χ0) is 15.0. The normalized spacial score (nSPS) is 14.1. The molecule has 2 unspecified atom stereocenters. The van der Waals surface area contributed by atoms with Crippen molar-refractivity contribution in [3.63, 3.8) is 0 Å². The minimum Gasteiger partial charge on any atom is -0.343 e. The van der Waals surface area contributed by atoms with Crippen LogP contribution in [0.25, 0.3) is 0 Å². The quantitative estimate of drug-likeness (QED) is 0.570. The van der Waals surface area contributed by atoms with Crippen LogP contribution in [0.2, 0.25) is 0 Å². The summed E-state index contributed by atoms with van der Waals surface area (Å²) >= 11 is 4.33. The maximum Gasteiger partial charge on any atom is 0.230 e. The minimum absolute atomic E-state index is 0.0251. The standard InChI is InChI=1S/C15H25N3OS/c1-4-18(5-2)11-17-15(19)14(12(3)10-20)13-8-6-7-9-16-13/h6-9,12,14,20H,4-5,10-11H2,1-3H3,(H,17,19). The average molecular weight is 295 g/mol. The Morgan fingerprint density at radius 3 is 2.60 bits per heavy atom. The van der Waals surface area contributed by atoms with Gasteiger partial charge >= 0.3 is 0 Å². The van der Waals surface area contributed by atoms with Gasteiger partial charge in [-0.2, -0.15) is 12.6 Å². The molecule has 0 bridgehead atoms. The minimum atomic E-state index is -0.246. The van der Waals surface area contributed by atoms with Gasteiger partial charge in [0.2, 0.25) is 5.91 Å². The Labute approximate surface area is 127 Å². The Balaban J connectivity index is 2.76. The second-order valence-corrected chi connectivity index (χ2v) is 5.26. The molecule has 0 spiro atoms. The molecule has 1 rings (SSSR count). The van der Waals surface area contributed by atoms with Crippen LogP contribution in [-0.4, -0.2) is 41.3 Å². The molecule has 5 heteroatoms. The summed E-state index contributed by atoms with van der Waals surface area (Å²) in [6.45, 7) is 8.63. The van der Waals surface area contributed by atoms with E-state index in [0.717, 1.165) is 18.8 Å². The van der Waals surface area contributed by atoms with E-state index < -0.39 is 0 Å². The molecular formula is C15H25N3OS. The summed E-state index contributed by atoms with van der Waals surface area (Å²) < 4.78 is 0. The van der Waals surface area contributed by atoms with Gasteiger partial charge in [0, 0.05) is 6.20 Å². The first kappa shape index (κ1) is 17.0. The lowest BCUT2D eigenvalue weighted by Crippen LogP contribution is -2.41. The lowest BCUT2D eigenvalue weighted by atomic mass is 9.91. The van der Waals surface area contributed by atoms with Crippen molar-refractivity contribution in [3.05, 3.63) is 30.1 Å². The lowest BCUT2D eigenvalue weighted by Gasteiger charge is -2.24. The topological polar surface area (TPSA) is 45.2 Å². The molecule has 0 saturated carbocycles. The van der Waals surface area contributed by atoms with E-state index in [2.05, 4.69) is 41.7 Å². The van der Waals surface area contributed by atoms with Gasteiger partial charge in [0.1, 0.15) is 0 Å². The summed E-state index contributed by atoms with van der Waals surface area (Å²) in [5, 5.41) is 3.01. The Morgan fingerprint density at radius 2 is 2.10 bits per heavy atom. The van der Waals surface area contributed by atoms with Gasteiger partial charge in [-0.3, -0.25) is 14.7 Å². The van der Waals surface area contributed by atoms with E-state index in [1.54, 1.807) is 6.20 Å². The third kappa shape index (κ3) is 4.80. The summed E-state index contributed by atoms with van der Waals surface area (Å²) in [6, 6.07) is 5.68. The molecule has 0 aromatic carbocycles. The highest BCUT2D eigenvalue weighted by atomic mass is 32.1. The highest BCUT2D eigenvalue weighted by molar-refractivity contribution is 7.80. The Bertz CT molecular complexity index is 395. The molecule has 2 atom stereocenters. The fourth-order valence-electron chi connectivity index (χ4n) is 2.10. The van der Waals surface area contributed by atoms with Crippen molar-refractivity contribution in [2.24, 2.45) is 5.92 Å². The molecule has 0 aliphatic rings. The molecule has 1 amide bonds. The van der Waals surface area contributed by atoms with Crippen LogP contribution in [0, 0.1) is 5.92 Å². The van der Waals surface area contributed by atoms with Crippen LogP contribution in [0.5, 0.6) is 0 Å². The third-order valence-corrected chi connectivity index (χ3v) is 4.09. The van der Waals surface area contributed by atoms with Crippen molar-refractivity contribution in [1.29, 1.82) is 0 Å². The van der Waals surface area contributed by atoms with Crippen LogP contribution >= 0.6 is 12.6 Å². The summed E-state index contributed by atoms with van der Waals surface area (Å²) in [7, 11) is 0. The maximum absolute atomic E-state index is 12.5. The molecule has 20 heavy (non-hydrogen) atoms. The molecule has 1 aromatic heterocycles. The van der Waals surface area contributed by atoms with E-state index in [0.29, 0.717) is 12.4 Å². The van der Waals surface area contributed by atoms with E-state index in [-0.39, 0.29) is 17.7 Å². The fraction of sp³-hybridized carbons (Fsp3) is 0.600. The second-order valence-electron chi connectivity index (χ2n) is 4.89. The van der Waals surface area contributed by atoms with Gasteiger partial charge in [0.15, 0.2) is 0 Å². The fourth-order valence-corrected chi connectivity index (χ4v) is 2.31. The third-order valence-electron chi connectivity index (χ3n) is 3.52. The van der Waals surface area contributed by atoms with Gasteiger partial charge in [0.25, 0.3) is 0 Å². The summed E-state index contributed by atoms with van der Waals surface area (Å²) in [6.07, 6.45) is 1.73. The number of carbonyl (C=O) groups excluding carboxylic acids is 1. The summed E-state index contributed by atoms with van der Waals surface area (Å²) in [5.74, 6) is 0.575. The Kier molecular flexibility index (Phi) is 7.62. The van der Waals surface area contributed by atoms with Crippen LogP contribution in [0.3, 0.4) is 0 Å². The average Bonchev–Trinajstić information content (AvgIpc) is 2.49. The number of aromatic nitrogens is 1. The molecule has 0 saturated heterocycles. The molecule has 0 aliphatic heterocycles. The number of amides is 1. The molecule has 1 aromatic rings. The maximum atomic E-state index is 12.5. The number of rotatable bonds is 8. The zero-order valence-corrected chi connectivity index (χ0v) is 13.4. The van der Waals surface area contributed by atoms with Crippen molar-refractivity contribution >= 4 is 18.5 Å². The van der Waals surface area contributed by atoms with Crippen LogP contribution < -0.4 is 5.32 Å². The monoisotopic (exact) mass is 295 g/mol. The van der Waals surface area contributed by atoms with E-state index in [1.807, 2.05) is 25.1 Å². The highest BCUT2D eigenvalue weighted by Gasteiger charge is 2.27. The van der Waals surface area contributed by atoms with E-state index in [9.17, 15) is 4.79 Å². The van der Waals surface area contributed by atoms with E-state index >= 15 is 0 Å². The molecule has 1 N–H and O–H groups in total. The largest absolute Gasteiger partial charge is 0.343 e. The van der Waals surface area contributed by atoms with Crippen molar-refractivity contribution in [2.75, 3.05) is 25.5 Å². The SMILES string of the molecule is CCN(CC)CNC(=O)C(c1ccccn1)C(C)CS. The Hall–Kier alpha value is -1.07. The molecule has 0 fully saturated rings. The molecule has 4 nitrogen and oxygen atoms in total. The number of thiol groups is 1. The zero-order valence-electron chi connectivity index (χ0n) is 12.5. The molecular weight excluding hydrogens is 270 g/mol. The number of pyridine rings is 1. The van der Waals surface area contributed by atoms with E-state index in [1.165, 1.54) is 0 Å². The van der Waals surface area contributed by atoms with Crippen molar-refractivity contribution < 1.29 is 4.79 Å². The lowest BCUT2D eigenvalue weighted by molar-refractivity contribution is -0.124. The highest BCUT2D eigenvalue weighted by Crippen LogP contribution is 2.24. The first-order valence-corrected chi connectivity index (χ1v) is 7.79. The van der Waals surface area contributed by atoms with Crippen LogP contribution in [-0.2, 0) is 4.79 Å². The predicted molar refractivity (Wildman–Crippen MR) is 85.9 cm³/mol. The molecule has 1 heterocycles. The van der Waals surface area contributed by atoms with Crippen LogP contribution in [0.1, 0.15) is 32.4 Å². The first-order chi connectivity index (χ1) is 9.63. The predicted octanol–water partition coefficient (Wildman–Crippen LogP) is 2.15. The number of hydrogen-bond donors (Lipinski definition) is 2. The molecule has 0 radical (unpaired) electrons. The van der Waals surface area contributed by atoms with Crippen molar-refractivity contribution in [1.82, 2.24) is 15.2 Å². The smallest absolute Gasteiger partial charge is 0.230 e. The Morgan fingerprint density at radius 1 is 1.40 bits per heavy atom. The van der Waals surface area contributed by atoms with Crippen LogP contribution in [0.4, 0.5) is 0 Å². The molecule has 0 aliphatic carbocycles. The van der Waals surface area contributed by atoms with Crippen LogP contribution in [0.15, 0.2) is 24.4 Å². The van der Waals surface area contributed by atoms with Gasteiger partial charge in [-0.05, 0) is 36.9 Å². The van der Waals surface area contributed by atoms with Crippen molar-refractivity contribution in [2.45, 2.75) is 26.7 Å². The number of carbonyl (C=O) groups is 1. The number of hydrogen-bond acceptors (Lipinski definition) is 4. The summed E-state index contributed by atoms with van der Waals surface area (Å²) in [5.41, 5.74) is 0.811. The van der Waals surface area contributed by atoms with Gasteiger partial charge in [0.05, 0.1) is 18.3 Å². The first-order valence-electron chi connectivity index (χ1n) is 7.15. The van der Waals surface area contributed by atoms with Gasteiger partial charge < -0.3 is 5.32 Å². The van der Waals surface area contributed by atoms with Crippen molar-refractivity contribution in [3.8, 4) is 0 Å². The van der Waals surface area contributed by atoms with E-state index in [4.69, 9.17) is 0 Å². The van der Waals surface area contributed by atoms with Gasteiger partial charge in [-0.25, -0.2) is 0 Å². The number of nitrogens with one attached hydrogen (secondary N) is 1. The van der Waals surface area contributed by atoms with Gasteiger partial charge in [-0.1, -0.05) is 26.8 Å². The second kappa shape index (κ2) is 8.97. The van der Waals surface area contributed by atoms with Gasteiger partial charge in [-0.15, -0.1) is 0 Å². The molecule has 112 valence electrons.